The SMILES string of the molecule is CCC(NC1CC(=O)CCC1C)c1ccccc1Cl. The van der Waals surface area contributed by atoms with E-state index in [2.05, 4.69) is 25.2 Å². The average molecular weight is 280 g/mol. The van der Waals surface area contributed by atoms with Crippen LogP contribution in [0.1, 0.15) is 51.1 Å². The molecule has 1 saturated carbocycles. The molecule has 3 unspecified atom stereocenters. The van der Waals surface area contributed by atoms with Gasteiger partial charge in [0.1, 0.15) is 5.78 Å². The lowest BCUT2D eigenvalue weighted by Gasteiger charge is -2.33. The van der Waals surface area contributed by atoms with Crippen LogP contribution in [0.3, 0.4) is 0 Å². The molecule has 3 heteroatoms. The molecule has 0 amide bonds. The monoisotopic (exact) mass is 279 g/mol. The maximum atomic E-state index is 11.6. The Balaban J connectivity index is 2.10. The predicted molar refractivity (Wildman–Crippen MR) is 79.4 cm³/mol. The van der Waals surface area contributed by atoms with Crippen molar-refractivity contribution in [2.75, 3.05) is 0 Å². The van der Waals surface area contributed by atoms with Crippen molar-refractivity contribution in [3.05, 3.63) is 34.9 Å². The van der Waals surface area contributed by atoms with E-state index in [1.165, 1.54) is 0 Å². The number of hydrogen-bond acceptors (Lipinski definition) is 2. The average Bonchev–Trinajstić information content (AvgIpc) is 2.41. The van der Waals surface area contributed by atoms with Crippen LogP contribution in [0.2, 0.25) is 5.02 Å². The van der Waals surface area contributed by atoms with Crippen LogP contribution >= 0.6 is 11.6 Å². The molecule has 1 N–H and O–H groups in total. The van der Waals surface area contributed by atoms with E-state index in [-0.39, 0.29) is 12.1 Å². The summed E-state index contributed by atoms with van der Waals surface area (Å²) in [7, 11) is 0. The summed E-state index contributed by atoms with van der Waals surface area (Å²) >= 11 is 6.27. The standard InChI is InChI=1S/C16H22ClNO/c1-3-15(13-6-4-5-7-14(13)17)18-16-10-12(19)9-8-11(16)2/h4-7,11,15-16,18H,3,8-10H2,1-2H3. The molecule has 0 bridgehead atoms. The van der Waals surface area contributed by atoms with Gasteiger partial charge in [-0.3, -0.25) is 4.79 Å². The van der Waals surface area contributed by atoms with Crippen LogP contribution in [-0.2, 0) is 4.79 Å². The molecule has 3 atom stereocenters. The maximum absolute atomic E-state index is 11.6. The number of nitrogens with one attached hydrogen (secondary N) is 1. The lowest BCUT2D eigenvalue weighted by Crippen LogP contribution is -2.42. The summed E-state index contributed by atoms with van der Waals surface area (Å²) in [5, 5.41) is 4.44. The lowest BCUT2D eigenvalue weighted by atomic mass is 9.84. The first kappa shape index (κ1) is 14.5. The molecular formula is C16H22ClNO. The highest BCUT2D eigenvalue weighted by molar-refractivity contribution is 6.31. The van der Waals surface area contributed by atoms with Crippen LogP contribution in [0.15, 0.2) is 24.3 Å². The Morgan fingerprint density at radius 3 is 2.84 bits per heavy atom. The van der Waals surface area contributed by atoms with Crippen molar-refractivity contribution in [3.8, 4) is 0 Å². The minimum absolute atomic E-state index is 0.229. The van der Waals surface area contributed by atoms with Crippen molar-refractivity contribution in [1.29, 1.82) is 0 Å². The number of ketones is 1. The second-order valence-corrected chi connectivity index (χ2v) is 5.92. The fraction of sp³-hybridized carbons (Fsp3) is 0.562. The smallest absolute Gasteiger partial charge is 0.134 e. The minimum Gasteiger partial charge on any atom is -0.306 e. The van der Waals surface area contributed by atoms with Crippen molar-refractivity contribution in [2.24, 2.45) is 5.92 Å². The molecule has 19 heavy (non-hydrogen) atoms. The number of hydrogen-bond donors (Lipinski definition) is 1. The molecular weight excluding hydrogens is 258 g/mol. The predicted octanol–water partition coefficient (Wildman–Crippen LogP) is 4.14. The molecule has 1 aliphatic rings. The topological polar surface area (TPSA) is 29.1 Å². The third kappa shape index (κ3) is 3.58. The van der Waals surface area contributed by atoms with E-state index in [9.17, 15) is 4.79 Å². The summed E-state index contributed by atoms with van der Waals surface area (Å²) in [6.45, 7) is 4.37. The Bertz CT molecular complexity index is 446. The summed E-state index contributed by atoms with van der Waals surface area (Å²) in [5.74, 6) is 0.929. The molecule has 1 aliphatic carbocycles. The van der Waals surface area contributed by atoms with Gasteiger partial charge in [0.25, 0.3) is 0 Å². The summed E-state index contributed by atoms with van der Waals surface area (Å²) < 4.78 is 0. The van der Waals surface area contributed by atoms with Crippen molar-refractivity contribution < 1.29 is 4.79 Å². The molecule has 0 saturated heterocycles. The van der Waals surface area contributed by atoms with Gasteiger partial charge in [-0.2, -0.15) is 0 Å². The van der Waals surface area contributed by atoms with Crippen LogP contribution in [0, 0.1) is 5.92 Å². The maximum Gasteiger partial charge on any atom is 0.134 e. The van der Waals surface area contributed by atoms with E-state index >= 15 is 0 Å². The molecule has 2 nitrogen and oxygen atoms in total. The van der Waals surface area contributed by atoms with Gasteiger partial charge in [0.2, 0.25) is 0 Å². The Morgan fingerprint density at radius 1 is 1.42 bits per heavy atom. The summed E-state index contributed by atoms with van der Waals surface area (Å²) in [5.41, 5.74) is 1.14. The van der Waals surface area contributed by atoms with Crippen LogP contribution in [0.4, 0.5) is 0 Å². The van der Waals surface area contributed by atoms with E-state index in [1.54, 1.807) is 0 Å². The van der Waals surface area contributed by atoms with E-state index in [1.807, 2.05) is 18.2 Å². The summed E-state index contributed by atoms with van der Waals surface area (Å²) in [6.07, 6.45) is 3.36. The van der Waals surface area contributed by atoms with E-state index in [0.29, 0.717) is 18.1 Å². The first-order valence-electron chi connectivity index (χ1n) is 7.14. The second-order valence-electron chi connectivity index (χ2n) is 5.51. The Kier molecular flexibility index (Phi) is 5.00. The van der Waals surface area contributed by atoms with Crippen molar-refractivity contribution >= 4 is 17.4 Å². The van der Waals surface area contributed by atoms with Crippen LogP contribution in [-0.4, -0.2) is 11.8 Å². The zero-order valence-corrected chi connectivity index (χ0v) is 12.4. The van der Waals surface area contributed by atoms with Gasteiger partial charge in [0, 0.05) is 29.9 Å². The van der Waals surface area contributed by atoms with Crippen molar-refractivity contribution in [2.45, 2.75) is 51.6 Å². The second kappa shape index (κ2) is 6.53. The van der Waals surface area contributed by atoms with Gasteiger partial charge in [-0.1, -0.05) is 43.6 Å². The molecule has 1 aromatic carbocycles. The molecule has 0 aliphatic heterocycles. The minimum atomic E-state index is 0.229. The van der Waals surface area contributed by atoms with Crippen LogP contribution < -0.4 is 5.32 Å². The Hall–Kier alpha value is -0.860. The molecule has 0 radical (unpaired) electrons. The van der Waals surface area contributed by atoms with E-state index in [0.717, 1.165) is 29.8 Å². The third-order valence-electron chi connectivity index (χ3n) is 4.12. The molecule has 104 valence electrons. The van der Waals surface area contributed by atoms with Gasteiger partial charge in [-0.05, 0) is 30.4 Å². The molecule has 1 fully saturated rings. The highest BCUT2D eigenvalue weighted by Crippen LogP contribution is 2.29. The largest absolute Gasteiger partial charge is 0.306 e. The third-order valence-corrected chi connectivity index (χ3v) is 4.46. The normalized spacial score (nSPS) is 25.3. The number of benzene rings is 1. The summed E-state index contributed by atoms with van der Waals surface area (Å²) in [4.78, 5) is 11.6. The van der Waals surface area contributed by atoms with Gasteiger partial charge in [0.05, 0.1) is 0 Å². The first-order valence-corrected chi connectivity index (χ1v) is 7.51. The number of carbonyl (C=O) groups is 1. The number of halogens is 1. The van der Waals surface area contributed by atoms with Crippen LogP contribution in [0.5, 0.6) is 0 Å². The molecule has 0 spiro atoms. The Labute approximate surface area is 120 Å². The van der Waals surface area contributed by atoms with Crippen molar-refractivity contribution in [1.82, 2.24) is 5.32 Å². The van der Waals surface area contributed by atoms with E-state index < -0.39 is 0 Å². The molecule has 1 aromatic rings. The zero-order valence-electron chi connectivity index (χ0n) is 11.7. The van der Waals surface area contributed by atoms with Crippen LogP contribution in [0.25, 0.3) is 0 Å². The molecule has 0 aromatic heterocycles. The fourth-order valence-electron chi connectivity index (χ4n) is 2.81. The molecule has 0 heterocycles. The number of rotatable bonds is 4. The highest BCUT2D eigenvalue weighted by Gasteiger charge is 2.28. The van der Waals surface area contributed by atoms with Gasteiger partial charge in [0.15, 0.2) is 0 Å². The Morgan fingerprint density at radius 2 is 2.16 bits per heavy atom. The van der Waals surface area contributed by atoms with Gasteiger partial charge < -0.3 is 5.32 Å². The quantitative estimate of drug-likeness (QED) is 0.897. The van der Waals surface area contributed by atoms with E-state index in [4.69, 9.17) is 11.6 Å². The highest BCUT2D eigenvalue weighted by atomic mass is 35.5. The van der Waals surface area contributed by atoms with Gasteiger partial charge in [-0.25, -0.2) is 0 Å². The lowest BCUT2D eigenvalue weighted by molar-refractivity contribution is -0.121. The summed E-state index contributed by atoms with van der Waals surface area (Å²) in [6, 6.07) is 8.47. The van der Waals surface area contributed by atoms with Gasteiger partial charge >= 0.3 is 0 Å². The fourth-order valence-corrected chi connectivity index (χ4v) is 3.07. The number of carbonyl (C=O) groups excluding carboxylic acids is 1. The van der Waals surface area contributed by atoms with Gasteiger partial charge in [-0.15, -0.1) is 0 Å². The van der Waals surface area contributed by atoms with Crippen molar-refractivity contribution in [3.63, 3.8) is 0 Å². The zero-order chi connectivity index (χ0) is 13.8. The molecule has 2 rings (SSSR count). The number of Topliss-reactive ketones (excluding diaryl/α,β-unsaturated/α-hetero) is 1. The first-order chi connectivity index (χ1) is 9.11.